The third-order valence-electron chi connectivity index (χ3n) is 4.18. The van der Waals surface area contributed by atoms with Crippen molar-refractivity contribution in [2.45, 2.75) is 0 Å². The van der Waals surface area contributed by atoms with Gasteiger partial charge in [-0.3, -0.25) is 14.4 Å². The number of rotatable bonds is 9. The number of hydrogen-bond donors (Lipinski definition) is 5. The Balaban J connectivity index is 1.80. The molecule has 0 atom stereocenters. The van der Waals surface area contributed by atoms with E-state index in [1.807, 2.05) is 0 Å². The second kappa shape index (κ2) is 10.8. The minimum Gasteiger partial charge on any atom is -0.363 e. The number of anilines is 5. The van der Waals surface area contributed by atoms with Gasteiger partial charge >= 0.3 is 0 Å². The standard InChI is InChI=1S/C22H20ClN7O3/c23-16-12-26-22(28-14-6-3-5-13(11-14)27-18(31)9-4-10-24)30-21(16)29-17-8-2-1-7-15(17)19(32)20(25)33/h1-9,11-12H,10,24H2,(H2,25,33)(H,27,31)(H2,26,28,29,30)/b9-4+. The van der Waals surface area contributed by atoms with E-state index in [0.29, 0.717) is 17.1 Å². The van der Waals surface area contributed by atoms with Crippen LogP contribution in [0.3, 0.4) is 0 Å². The summed E-state index contributed by atoms with van der Waals surface area (Å²) in [6, 6.07) is 13.3. The van der Waals surface area contributed by atoms with Crippen LogP contribution in [0.1, 0.15) is 10.4 Å². The van der Waals surface area contributed by atoms with Crippen LogP contribution in [0, 0.1) is 0 Å². The molecule has 0 spiro atoms. The molecule has 0 saturated carbocycles. The van der Waals surface area contributed by atoms with Crippen LogP contribution >= 0.6 is 11.6 Å². The van der Waals surface area contributed by atoms with Crippen LogP contribution in [0.2, 0.25) is 5.02 Å². The summed E-state index contributed by atoms with van der Waals surface area (Å²) in [7, 11) is 0. The average molecular weight is 466 g/mol. The first-order valence-electron chi connectivity index (χ1n) is 9.64. The second-order valence-electron chi connectivity index (χ2n) is 6.59. The van der Waals surface area contributed by atoms with E-state index in [2.05, 4.69) is 25.9 Å². The van der Waals surface area contributed by atoms with Crippen molar-refractivity contribution in [3.8, 4) is 0 Å². The van der Waals surface area contributed by atoms with Crippen LogP contribution in [0.15, 0.2) is 66.9 Å². The molecule has 168 valence electrons. The second-order valence-corrected chi connectivity index (χ2v) is 6.99. The molecule has 1 heterocycles. The number of ketones is 1. The molecule has 2 amide bonds. The number of hydrogen-bond acceptors (Lipinski definition) is 8. The number of carbonyl (C=O) groups excluding carboxylic acids is 3. The van der Waals surface area contributed by atoms with Gasteiger partial charge in [-0.2, -0.15) is 4.98 Å². The Morgan fingerprint density at radius 3 is 2.55 bits per heavy atom. The molecule has 0 fully saturated rings. The Hall–Kier alpha value is -4.28. The average Bonchev–Trinajstić information content (AvgIpc) is 2.80. The molecule has 3 aromatic rings. The zero-order valence-corrected chi connectivity index (χ0v) is 18.0. The van der Waals surface area contributed by atoms with Gasteiger partial charge in [-0.05, 0) is 30.3 Å². The number of benzene rings is 2. The normalized spacial score (nSPS) is 10.6. The van der Waals surface area contributed by atoms with Crippen LogP contribution < -0.4 is 27.4 Å². The molecule has 0 aliphatic carbocycles. The van der Waals surface area contributed by atoms with Crippen LogP contribution in [-0.2, 0) is 9.59 Å². The maximum atomic E-state index is 12.1. The number of Topliss-reactive ketones (excluding diaryl/α,β-unsaturated/α-hetero) is 1. The lowest BCUT2D eigenvalue weighted by molar-refractivity contribution is -0.114. The number of nitrogens with one attached hydrogen (secondary N) is 3. The fourth-order valence-electron chi connectivity index (χ4n) is 2.73. The quantitative estimate of drug-likeness (QED) is 0.183. The Kier molecular flexibility index (Phi) is 7.68. The highest BCUT2D eigenvalue weighted by molar-refractivity contribution is 6.43. The SMILES string of the molecule is NC/C=C/C(=O)Nc1cccc(Nc2ncc(Cl)c(Nc3ccccc3C(=O)C(N)=O)n2)c1. The van der Waals surface area contributed by atoms with Crippen molar-refractivity contribution < 1.29 is 14.4 Å². The third kappa shape index (κ3) is 6.35. The summed E-state index contributed by atoms with van der Waals surface area (Å²) < 4.78 is 0. The summed E-state index contributed by atoms with van der Waals surface area (Å²) in [5, 5.41) is 8.86. The number of primary amides is 1. The summed E-state index contributed by atoms with van der Waals surface area (Å²) >= 11 is 6.21. The molecule has 0 aliphatic heterocycles. The van der Waals surface area contributed by atoms with Crippen LogP contribution in [-0.4, -0.2) is 34.1 Å². The minimum atomic E-state index is -1.08. The van der Waals surface area contributed by atoms with E-state index in [9.17, 15) is 14.4 Å². The number of para-hydroxylation sites is 1. The summed E-state index contributed by atoms with van der Waals surface area (Å²) in [5.41, 5.74) is 12.0. The van der Waals surface area contributed by atoms with Crippen LogP contribution in [0.25, 0.3) is 0 Å². The number of nitrogens with zero attached hydrogens (tertiary/aromatic N) is 2. The van der Waals surface area contributed by atoms with E-state index in [1.165, 1.54) is 18.3 Å². The van der Waals surface area contributed by atoms with Gasteiger partial charge in [-0.1, -0.05) is 35.9 Å². The zero-order valence-electron chi connectivity index (χ0n) is 17.2. The molecule has 0 radical (unpaired) electrons. The van der Waals surface area contributed by atoms with Crippen molar-refractivity contribution in [3.05, 3.63) is 77.5 Å². The van der Waals surface area contributed by atoms with Crippen LogP contribution in [0.5, 0.6) is 0 Å². The molecule has 3 rings (SSSR count). The molecule has 0 saturated heterocycles. The van der Waals surface area contributed by atoms with E-state index < -0.39 is 11.7 Å². The van der Waals surface area contributed by atoms with Gasteiger partial charge in [0.1, 0.15) is 5.02 Å². The van der Waals surface area contributed by atoms with E-state index in [4.69, 9.17) is 23.1 Å². The van der Waals surface area contributed by atoms with Crippen molar-refractivity contribution in [2.24, 2.45) is 11.5 Å². The molecular formula is C22H20ClN7O3. The van der Waals surface area contributed by atoms with E-state index in [-0.39, 0.29) is 34.8 Å². The van der Waals surface area contributed by atoms with Gasteiger partial charge in [0, 0.05) is 24.0 Å². The third-order valence-corrected chi connectivity index (χ3v) is 4.46. The van der Waals surface area contributed by atoms with Crippen molar-refractivity contribution in [1.29, 1.82) is 0 Å². The number of halogens is 1. The first-order valence-corrected chi connectivity index (χ1v) is 10.0. The Labute approximate surface area is 194 Å². The topological polar surface area (TPSA) is 165 Å². The molecule has 0 aliphatic rings. The molecule has 7 N–H and O–H groups in total. The van der Waals surface area contributed by atoms with Gasteiger partial charge in [-0.25, -0.2) is 4.98 Å². The number of carbonyl (C=O) groups is 3. The molecular weight excluding hydrogens is 446 g/mol. The lowest BCUT2D eigenvalue weighted by atomic mass is 10.1. The van der Waals surface area contributed by atoms with Crippen molar-refractivity contribution >= 4 is 58.0 Å². The highest BCUT2D eigenvalue weighted by atomic mass is 35.5. The summed E-state index contributed by atoms with van der Waals surface area (Å²) in [4.78, 5) is 43.7. The number of nitrogens with two attached hydrogens (primary N) is 2. The van der Waals surface area contributed by atoms with Gasteiger partial charge in [0.2, 0.25) is 11.9 Å². The van der Waals surface area contributed by atoms with Gasteiger partial charge in [0.25, 0.3) is 11.7 Å². The fourth-order valence-corrected chi connectivity index (χ4v) is 2.87. The highest BCUT2D eigenvalue weighted by Crippen LogP contribution is 2.27. The number of amides is 2. The first kappa shape index (κ1) is 23.4. The van der Waals surface area contributed by atoms with E-state index >= 15 is 0 Å². The van der Waals surface area contributed by atoms with E-state index in [0.717, 1.165) is 0 Å². The smallest absolute Gasteiger partial charge is 0.289 e. The molecule has 10 nitrogen and oxygen atoms in total. The van der Waals surface area contributed by atoms with Crippen molar-refractivity contribution in [3.63, 3.8) is 0 Å². The molecule has 33 heavy (non-hydrogen) atoms. The monoisotopic (exact) mass is 465 g/mol. The summed E-state index contributed by atoms with van der Waals surface area (Å²) in [5.74, 6) is -1.83. The molecule has 2 aromatic carbocycles. The van der Waals surface area contributed by atoms with Gasteiger partial charge in [-0.15, -0.1) is 0 Å². The molecule has 0 bridgehead atoms. The van der Waals surface area contributed by atoms with Gasteiger partial charge in [0.15, 0.2) is 5.82 Å². The van der Waals surface area contributed by atoms with Gasteiger partial charge < -0.3 is 27.4 Å². The fraction of sp³-hybridized carbons (Fsp3) is 0.0455. The minimum absolute atomic E-state index is 0.0846. The van der Waals surface area contributed by atoms with Crippen molar-refractivity contribution in [2.75, 3.05) is 22.5 Å². The largest absolute Gasteiger partial charge is 0.363 e. The van der Waals surface area contributed by atoms with Crippen LogP contribution in [0.4, 0.5) is 28.8 Å². The lowest BCUT2D eigenvalue weighted by Crippen LogP contribution is -2.23. The predicted octanol–water partition coefficient (Wildman–Crippen LogP) is 2.74. The summed E-state index contributed by atoms with van der Waals surface area (Å²) in [6.07, 6.45) is 4.27. The molecule has 11 heteroatoms. The highest BCUT2D eigenvalue weighted by Gasteiger charge is 2.17. The molecule has 1 aromatic heterocycles. The first-order chi connectivity index (χ1) is 15.9. The predicted molar refractivity (Wildman–Crippen MR) is 127 cm³/mol. The van der Waals surface area contributed by atoms with Gasteiger partial charge in [0.05, 0.1) is 17.4 Å². The Bertz CT molecular complexity index is 1230. The maximum Gasteiger partial charge on any atom is 0.289 e. The van der Waals surface area contributed by atoms with Crippen molar-refractivity contribution in [1.82, 2.24) is 9.97 Å². The Morgan fingerprint density at radius 1 is 1.03 bits per heavy atom. The number of aromatic nitrogens is 2. The molecule has 0 unspecified atom stereocenters. The maximum absolute atomic E-state index is 12.1. The summed E-state index contributed by atoms with van der Waals surface area (Å²) in [6.45, 7) is 0.264. The lowest BCUT2D eigenvalue weighted by Gasteiger charge is -2.13. The zero-order chi connectivity index (χ0) is 23.8. The Morgan fingerprint density at radius 2 is 1.79 bits per heavy atom. The van der Waals surface area contributed by atoms with E-state index in [1.54, 1.807) is 48.5 Å².